The number of benzene rings is 2. The van der Waals surface area contributed by atoms with Gasteiger partial charge in [0.25, 0.3) is 0 Å². The van der Waals surface area contributed by atoms with E-state index in [2.05, 4.69) is 10.6 Å². The molecule has 29 heavy (non-hydrogen) atoms. The summed E-state index contributed by atoms with van der Waals surface area (Å²) in [7, 11) is 0. The van der Waals surface area contributed by atoms with Crippen LogP contribution in [-0.4, -0.2) is 28.9 Å². The predicted octanol–water partition coefficient (Wildman–Crippen LogP) is 3.76. The number of amides is 2. The summed E-state index contributed by atoms with van der Waals surface area (Å²) < 4.78 is 0. The minimum absolute atomic E-state index is 0.00825. The Balaban J connectivity index is 1.85. The molecule has 8 heteroatoms. The van der Waals surface area contributed by atoms with Crippen molar-refractivity contribution < 1.29 is 19.5 Å². The normalized spacial score (nSPS) is 12.7. The first-order valence-electron chi connectivity index (χ1n) is 9.06. The van der Waals surface area contributed by atoms with Gasteiger partial charge in [-0.1, -0.05) is 59.6 Å². The van der Waals surface area contributed by atoms with Crippen molar-refractivity contribution in [3.05, 3.63) is 69.7 Å². The Morgan fingerprint density at radius 3 is 2.17 bits per heavy atom. The Morgan fingerprint density at radius 1 is 0.966 bits per heavy atom. The van der Waals surface area contributed by atoms with E-state index in [9.17, 15) is 19.5 Å². The molecule has 0 bridgehead atoms. The quantitative estimate of drug-likeness (QED) is 0.557. The van der Waals surface area contributed by atoms with E-state index in [0.717, 1.165) is 5.56 Å². The first-order chi connectivity index (χ1) is 13.8. The minimum Gasteiger partial charge on any atom is -0.480 e. The van der Waals surface area contributed by atoms with E-state index in [0.29, 0.717) is 15.6 Å². The number of nitrogens with one attached hydrogen (secondary N) is 2. The monoisotopic (exact) mass is 436 g/mol. The average molecular weight is 437 g/mol. The molecule has 2 amide bonds. The maximum Gasteiger partial charge on any atom is 0.326 e. The zero-order valence-corrected chi connectivity index (χ0v) is 17.3. The van der Waals surface area contributed by atoms with Crippen LogP contribution in [0.5, 0.6) is 0 Å². The minimum atomic E-state index is -1.19. The van der Waals surface area contributed by atoms with E-state index in [1.807, 2.05) is 37.3 Å². The molecule has 154 valence electrons. The van der Waals surface area contributed by atoms with Gasteiger partial charge < -0.3 is 15.7 Å². The van der Waals surface area contributed by atoms with E-state index in [1.54, 1.807) is 12.1 Å². The molecule has 2 atom stereocenters. The van der Waals surface area contributed by atoms with Gasteiger partial charge in [0, 0.05) is 29.3 Å². The number of hydrogen-bond acceptors (Lipinski definition) is 3. The van der Waals surface area contributed by atoms with Crippen LogP contribution in [0.15, 0.2) is 48.5 Å². The molecule has 0 aliphatic rings. The van der Waals surface area contributed by atoms with E-state index in [1.165, 1.54) is 6.07 Å². The summed E-state index contributed by atoms with van der Waals surface area (Å²) in [5.74, 6) is -2.00. The maximum absolute atomic E-state index is 12.1. The number of carbonyl (C=O) groups is 3. The van der Waals surface area contributed by atoms with Crippen molar-refractivity contribution in [2.24, 2.45) is 0 Å². The van der Waals surface area contributed by atoms with Crippen LogP contribution >= 0.6 is 23.2 Å². The van der Waals surface area contributed by atoms with Gasteiger partial charge in [0.1, 0.15) is 6.04 Å². The third-order valence-electron chi connectivity index (χ3n) is 4.33. The van der Waals surface area contributed by atoms with Crippen molar-refractivity contribution in [3.8, 4) is 0 Å². The van der Waals surface area contributed by atoms with Crippen LogP contribution in [-0.2, 0) is 20.8 Å². The van der Waals surface area contributed by atoms with Crippen LogP contribution in [0.25, 0.3) is 0 Å². The van der Waals surface area contributed by atoms with Crippen molar-refractivity contribution in [1.82, 2.24) is 10.6 Å². The SMILES string of the molecule is C[C@@H](NC(=O)CCC(=O)N[C@@H](Cc1ccc(Cl)cc1Cl)C(=O)O)c1ccccc1. The highest BCUT2D eigenvalue weighted by atomic mass is 35.5. The Bertz CT molecular complexity index is 874. The third-order valence-corrected chi connectivity index (χ3v) is 4.92. The van der Waals surface area contributed by atoms with E-state index in [4.69, 9.17) is 23.2 Å². The summed E-state index contributed by atoms with van der Waals surface area (Å²) in [6.45, 7) is 1.85. The van der Waals surface area contributed by atoms with Gasteiger partial charge in [-0.2, -0.15) is 0 Å². The summed E-state index contributed by atoms with van der Waals surface area (Å²) in [6, 6.07) is 12.8. The van der Waals surface area contributed by atoms with E-state index in [-0.39, 0.29) is 31.2 Å². The molecule has 0 radical (unpaired) electrons. The smallest absolute Gasteiger partial charge is 0.326 e. The molecule has 0 aliphatic heterocycles. The first-order valence-corrected chi connectivity index (χ1v) is 9.82. The van der Waals surface area contributed by atoms with Gasteiger partial charge in [-0.25, -0.2) is 4.79 Å². The largest absolute Gasteiger partial charge is 0.480 e. The van der Waals surface area contributed by atoms with Crippen LogP contribution < -0.4 is 10.6 Å². The molecular weight excluding hydrogens is 415 g/mol. The Labute approximate surface area is 179 Å². The van der Waals surface area contributed by atoms with Gasteiger partial charge in [-0.05, 0) is 30.2 Å². The standard InChI is InChI=1S/C21H22Cl2N2O4/c1-13(14-5-3-2-4-6-14)24-19(26)9-10-20(27)25-18(21(28)29)11-15-7-8-16(22)12-17(15)23/h2-8,12-13,18H,9-11H2,1H3,(H,24,26)(H,25,27)(H,28,29)/t13-,18+/m1/s1. The highest BCUT2D eigenvalue weighted by Gasteiger charge is 2.22. The van der Waals surface area contributed by atoms with E-state index >= 15 is 0 Å². The second-order valence-electron chi connectivity index (χ2n) is 6.60. The molecule has 0 spiro atoms. The molecule has 0 saturated carbocycles. The van der Waals surface area contributed by atoms with Gasteiger partial charge in [0.05, 0.1) is 6.04 Å². The fraction of sp³-hybridized carbons (Fsp3) is 0.286. The molecule has 0 aromatic heterocycles. The summed E-state index contributed by atoms with van der Waals surface area (Å²) >= 11 is 11.9. The Hall–Kier alpha value is -2.57. The van der Waals surface area contributed by atoms with Gasteiger partial charge >= 0.3 is 5.97 Å². The average Bonchev–Trinajstić information content (AvgIpc) is 2.68. The highest BCUT2D eigenvalue weighted by Crippen LogP contribution is 2.22. The molecule has 0 unspecified atom stereocenters. The van der Waals surface area contributed by atoms with Gasteiger partial charge in [-0.3, -0.25) is 9.59 Å². The molecule has 3 N–H and O–H groups in total. The van der Waals surface area contributed by atoms with Crippen LogP contribution in [0.4, 0.5) is 0 Å². The lowest BCUT2D eigenvalue weighted by molar-refractivity contribution is -0.141. The molecule has 0 aliphatic carbocycles. The molecule has 2 aromatic carbocycles. The van der Waals surface area contributed by atoms with Crippen LogP contribution in [0, 0.1) is 0 Å². The number of aliphatic carboxylic acids is 1. The molecule has 2 aromatic rings. The van der Waals surface area contributed by atoms with Crippen molar-refractivity contribution in [2.45, 2.75) is 38.3 Å². The Morgan fingerprint density at radius 2 is 1.59 bits per heavy atom. The molecule has 0 heterocycles. The maximum atomic E-state index is 12.1. The second kappa shape index (κ2) is 10.8. The van der Waals surface area contributed by atoms with Crippen LogP contribution in [0.1, 0.15) is 36.9 Å². The van der Waals surface area contributed by atoms with Crippen molar-refractivity contribution in [3.63, 3.8) is 0 Å². The van der Waals surface area contributed by atoms with Crippen molar-refractivity contribution in [1.29, 1.82) is 0 Å². The molecule has 6 nitrogen and oxygen atoms in total. The Kier molecular flexibility index (Phi) is 8.49. The zero-order chi connectivity index (χ0) is 21.4. The third kappa shape index (κ3) is 7.40. The number of carbonyl (C=O) groups excluding carboxylic acids is 2. The fourth-order valence-electron chi connectivity index (χ4n) is 2.74. The lowest BCUT2D eigenvalue weighted by atomic mass is 10.1. The number of rotatable bonds is 9. The first kappa shape index (κ1) is 22.7. The van der Waals surface area contributed by atoms with Gasteiger partial charge in [0.2, 0.25) is 11.8 Å². The number of hydrogen-bond donors (Lipinski definition) is 3. The topological polar surface area (TPSA) is 95.5 Å². The van der Waals surface area contributed by atoms with E-state index < -0.39 is 17.9 Å². The fourth-order valence-corrected chi connectivity index (χ4v) is 3.23. The lowest BCUT2D eigenvalue weighted by Crippen LogP contribution is -2.42. The lowest BCUT2D eigenvalue weighted by Gasteiger charge is -2.16. The predicted molar refractivity (Wildman–Crippen MR) is 112 cm³/mol. The molecule has 2 rings (SSSR count). The summed E-state index contributed by atoms with van der Waals surface area (Å²) in [4.78, 5) is 35.7. The summed E-state index contributed by atoms with van der Waals surface area (Å²) in [5.41, 5.74) is 1.51. The molecule has 0 fully saturated rings. The van der Waals surface area contributed by atoms with Crippen LogP contribution in [0.3, 0.4) is 0 Å². The number of carboxylic acid groups (broad SMARTS) is 1. The summed E-state index contributed by atoms with van der Waals surface area (Å²) in [5, 5.41) is 15.4. The van der Waals surface area contributed by atoms with Crippen molar-refractivity contribution in [2.75, 3.05) is 0 Å². The molecule has 0 saturated heterocycles. The van der Waals surface area contributed by atoms with Crippen molar-refractivity contribution >= 4 is 41.0 Å². The highest BCUT2D eigenvalue weighted by molar-refractivity contribution is 6.35. The van der Waals surface area contributed by atoms with Gasteiger partial charge in [-0.15, -0.1) is 0 Å². The van der Waals surface area contributed by atoms with Gasteiger partial charge in [0.15, 0.2) is 0 Å². The number of halogens is 2. The zero-order valence-electron chi connectivity index (χ0n) is 15.8. The summed E-state index contributed by atoms with van der Waals surface area (Å²) in [6.07, 6.45) is -0.156. The number of carboxylic acids is 1. The second-order valence-corrected chi connectivity index (χ2v) is 7.44. The van der Waals surface area contributed by atoms with Crippen LogP contribution in [0.2, 0.25) is 10.0 Å². The molecular formula is C21H22Cl2N2O4.